The van der Waals surface area contributed by atoms with E-state index in [1.807, 2.05) is 12.1 Å². The zero-order valence-electron chi connectivity index (χ0n) is 13.5. The number of ether oxygens (including phenoxy) is 2. The minimum absolute atomic E-state index is 0.131. The van der Waals surface area contributed by atoms with E-state index in [1.54, 1.807) is 20.3 Å². The van der Waals surface area contributed by atoms with E-state index in [2.05, 4.69) is 4.90 Å². The van der Waals surface area contributed by atoms with E-state index in [0.717, 1.165) is 25.7 Å². The van der Waals surface area contributed by atoms with Gasteiger partial charge in [0.15, 0.2) is 0 Å². The summed E-state index contributed by atoms with van der Waals surface area (Å²) in [7, 11) is 3.23. The molecule has 0 heterocycles. The van der Waals surface area contributed by atoms with Crippen LogP contribution in [0.4, 0.5) is 0 Å². The Morgan fingerprint density at radius 1 is 0.909 bits per heavy atom. The molecular formula is C18H25NO3. The molecule has 0 bridgehead atoms. The van der Waals surface area contributed by atoms with Crippen LogP contribution in [0.1, 0.15) is 55.3 Å². The molecule has 0 aromatic heterocycles. The van der Waals surface area contributed by atoms with Crippen LogP contribution < -0.4 is 9.47 Å². The van der Waals surface area contributed by atoms with Crippen LogP contribution in [0.3, 0.4) is 0 Å². The topological polar surface area (TPSA) is 38.8 Å². The lowest BCUT2D eigenvalue weighted by molar-refractivity contribution is 0.0613. The van der Waals surface area contributed by atoms with Crippen LogP contribution in [0.2, 0.25) is 0 Å². The first kappa shape index (κ1) is 15.2. The van der Waals surface area contributed by atoms with Crippen molar-refractivity contribution in [3.05, 3.63) is 23.8 Å². The minimum atomic E-state index is 0.131. The summed E-state index contributed by atoms with van der Waals surface area (Å²) >= 11 is 0. The number of carbonyl (C=O) groups excluding carboxylic acids is 1. The second kappa shape index (κ2) is 6.59. The van der Waals surface area contributed by atoms with Crippen molar-refractivity contribution in [2.75, 3.05) is 14.2 Å². The monoisotopic (exact) mass is 303 g/mol. The molecule has 1 amide bonds. The van der Waals surface area contributed by atoms with Crippen LogP contribution in [-0.4, -0.2) is 37.1 Å². The molecule has 22 heavy (non-hydrogen) atoms. The second-order valence-corrected chi connectivity index (χ2v) is 6.34. The van der Waals surface area contributed by atoms with Crippen molar-refractivity contribution in [3.63, 3.8) is 0 Å². The van der Waals surface area contributed by atoms with Crippen LogP contribution in [0.5, 0.6) is 11.5 Å². The van der Waals surface area contributed by atoms with Gasteiger partial charge >= 0.3 is 0 Å². The van der Waals surface area contributed by atoms with Gasteiger partial charge in [-0.25, -0.2) is 0 Å². The van der Waals surface area contributed by atoms with Crippen LogP contribution >= 0.6 is 0 Å². The SMILES string of the molecule is COc1cc(OC)cc(C(=O)N(C2CCCCC2)C2CC2)c1. The molecule has 0 radical (unpaired) electrons. The number of hydrogen-bond donors (Lipinski definition) is 0. The number of nitrogens with zero attached hydrogens (tertiary/aromatic N) is 1. The van der Waals surface area contributed by atoms with Crippen molar-refractivity contribution in [3.8, 4) is 11.5 Å². The van der Waals surface area contributed by atoms with E-state index in [9.17, 15) is 4.79 Å². The number of benzene rings is 1. The third kappa shape index (κ3) is 3.21. The van der Waals surface area contributed by atoms with Gasteiger partial charge in [-0.05, 0) is 37.8 Å². The van der Waals surface area contributed by atoms with Gasteiger partial charge in [0.2, 0.25) is 0 Å². The zero-order chi connectivity index (χ0) is 15.5. The number of methoxy groups -OCH3 is 2. The highest BCUT2D eigenvalue weighted by molar-refractivity contribution is 5.95. The molecule has 0 spiro atoms. The summed E-state index contributed by atoms with van der Waals surface area (Å²) in [5.74, 6) is 1.47. The Labute approximate surface area is 132 Å². The smallest absolute Gasteiger partial charge is 0.254 e. The minimum Gasteiger partial charge on any atom is -0.497 e. The van der Waals surface area contributed by atoms with Gasteiger partial charge < -0.3 is 14.4 Å². The van der Waals surface area contributed by atoms with Crippen LogP contribution in [0, 0.1) is 0 Å². The first-order valence-corrected chi connectivity index (χ1v) is 8.28. The van der Waals surface area contributed by atoms with Crippen molar-refractivity contribution < 1.29 is 14.3 Å². The molecule has 1 aromatic rings. The maximum absolute atomic E-state index is 13.1. The average molecular weight is 303 g/mol. The van der Waals surface area contributed by atoms with Gasteiger partial charge in [-0.3, -0.25) is 4.79 Å². The summed E-state index contributed by atoms with van der Waals surface area (Å²) < 4.78 is 10.6. The predicted octanol–water partition coefficient (Wildman–Crippen LogP) is 3.64. The number of amides is 1. The summed E-state index contributed by atoms with van der Waals surface area (Å²) in [6.07, 6.45) is 8.35. The first-order chi connectivity index (χ1) is 10.7. The molecule has 2 aliphatic carbocycles. The van der Waals surface area contributed by atoms with Gasteiger partial charge in [0.25, 0.3) is 5.91 Å². The maximum atomic E-state index is 13.1. The van der Waals surface area contributed by atoms with Crippen molar-refractivity contribution in [2.45, 2.75) is 57.0 Å². The van der Waals surface area contributed by atoms with Crippen molar-refractivity contribution >= 4 is 5.91 Å². The van der Waals surface area contributed by atoms with Crippen molar-refractivity contribution in [1.82, 2.24) is 4.90 Å². The Bertz CT molecular complexity index is 511. The zero-order valence-corrected chi connectivity index (χ0v) is 13.5. The lowest BCUT2D eigenvalue weighted by atomic mass is 9.93. The lowest BCUT2D eigenvalue weighted by Gasteiger charge is -2.34. The standard InChI is InChI=1S/C18H25NO3/c1-21-16-10-13(11-17(12-16)22-2)18(20)19(15-8-9-15)14-6-4-3-5-7-14/h10-12,14-15H,3-9H2,1-2H3. The highest BCUT2D eigenvalue weighted by Crippen LogP contribution is 2.35. The summed E-state index contributed by atoms with van der Waals surface area (Å²) in [6, 6.07) is 6.30. The summed E-state index contributed by atoms with van der Waals surface area (Å²) in [5, 5.41) is 0. The highest BCUT2D eigenvalue weighted by atomic mass is 16.5. The molecule has 0 saturated heterocycles. The maximum Gasteiger partial charge on any atom is 0.254 e. The van der Waals surface area contributed by atoms with Gasteiger partial charge in [-0.15, -0.1) is 0 Å². The Morgan fingerprint density at radius 3 is 1.95 bits per heavy atom. The third-order valence-corrected chi connectivity index (χ3v) is 4.74. The fourth-order valence-electron chi connectivity index (χ4n) is 3.42. The summed E-state index contributed by atoms with van der Waals surface area (Å²) in [5.41, 5.74) is 0.675. The van der Waals surface area contributed by atoms with Crippen molar-refractivity contribution in [1.29, 1.82) is 0 Å². The second-order valence-electron chi connectivity index (χ2n) is 6.34. The van der Waals surface area contributed by atoms with E-state index in [1.165, 1.54) is 19.3 Å². The summed E-state index contributed by atoms with van der Waals surface area (Å²) in [6.45, 7) is 0. The number of rotatable bonds is 5. The van der Waals surface area contributed by atoms with E-state index in [-0.39, 0.29) is 5.91 Å². The van der Waals surface area contributed by atoms with E-state index < -0.39 is 0 Å². The van der Waals surface area contributed by atoms with Gasteiger partial charge in [0.05, 0.1) is 14.2 Å². The van der Waals surface area contributed by atoms with Gasteiger partial charge in [-0.2, -0.15) is 0 Å². The molecule has 4 nitrogen and oxygen atoms in total. The molecule has 120 valence electrons. The van der Waals surface area contributed by atoms with Gasteiger partial charge in [-0.1, -0.05) is 19.3 Å². The van der Waals surface area contributed by atoms with Crippen molar-refractivity contribution in [2.24, 2.45) is 0 Å². The molecule has 2 fully saturated rings. The molecule has 0 N–H and O–H groups in total. The molecule has 2 saturated carbocycles. The predicted molar refractivity (Wildman–Crippen MR) is 85.6 cm³/mol. The largest absolute Gasteiger partial charge is 0.497 e. The Kier molecular flexibility index (Phi) is 4.55. The van der Waals surface area contributed by atoms with Crippen LogP contribution in [0.25, 0.3) is 0 Å². The fraction of sp³-hybridized carbons (Fsp3) is 0.611. The highest BCUT2D eigenvalue weighted by Gasteiger charge is 2.38. The van der Waals surface area contributed by atoms with E-state index >= 15 is 0 Å². The molecular weight excluding hydrogens is 278 g/mol. The van der Waals surface area contributed by atoms with Gasteiger partial charge in [0.1, 0.15) is 11.5 Å². The van der Waals surface area contributed by atoms with Gasteiger partial charge in [0, 0.05) is 23.7 Å². The fourth-order valence-corrected chi connectivity index (χ4v) is 3.42. The first-order valence-electron chi connectivity index (χ1n) is 8.28. The lowest BCUT2D eigenvalue weighted by Crippen LogP contribution is -2.43. The Hall–Kier alpha value is -1.71. The third-order valence-electron chi connectivity index (χ3n) is 4.74. The average Bonchev–Trinajstić information content (AvgIpc) is 3.40. The van der Waals surface area contributed by atoms with Crippen LogP contribution in [0.15, 0.2) is 18.2 Å². The Morgan fingerprint density at radius 2 is 1.45 bits per heavy atom. The molecule has 0 atom stereocenters. The summed E-state index contributed by atoms with van der Waals surface area (Å²) in [4.78, 5) is 15.2. The normalized spacial score (nSPS) is 18.8. The Balaban J connectivity index is 1.86. The molecule has 1 aromatic carbocycles. The molecule has 2 aliphatic rings. The molecule has 0 unspecified atom stereocenters. The van der Waals surface area contributed by atoms with Crippen LogP contribution in [-0.2, 0) is 0 Å². The van der Waals surface area contributed by atoms with E-state index in [4.69, 9.17) is 9.47 Å². The molecule has 0 aliphatic heterocycles. The molecule has 3 rings (SSSR count). The number of hydrogen-bond acceptors (Lipinski definition) is 3. The number of carbonyl (C=O) groups is 1. The van der Waals surface area contributed by atoms with E-state index in [0.29, 0.717) is 29.1 Å². The quantitative estimate of drug-likeness (QED) is 0.833. The molecule has 4 heteroatoms.